The van der Waals surface area contributed by atoms with Gasteiger partial charge in [0.05, 0.1) is 16.4 Å². The Hall–Kier alpha value is -2.43. The van der Waals surface area contributed by atoms with Crippen LogP contribution in [0.2, 0.25) is 0 Å². The summed E-state index contributed by atoms with van der Waals surface area (Å²) in [5.41, 5.74) is 0.965. The molecule has 0 unspecified atom stereocenters. The maximum absolute atomic E-state index is 12.0. The summed E-state index contributed by atoms with van der Waals surface area (Å²) in [4.78, 5) is 0.660. The first-order valence-corrected chi connectivity index (χ1v) is 8.63. The molecule has 118 valence electrons. The van der Waals surface area contributed by atoms with E-state index in [9.17, 15) is 8.42 Å². The fourth-order valence-corrected chi connectivity index (χ4v) is 3.22. The molecule has 0 bridgehead atoms. The molecule has 0 fully saturated rings. The average Bonchev–Trinajstić information content (AvgIpc) is 2.64. The maximum Gasteiger partial charge on any atom is 0.206 e. The summed E-state index contributed by atoms with van der Waals surface area (Å²) in [5, 5.41) is 8.54. The van der Waals surface area contributed by atoms with Crippen LogP contribution in [0.5, 0.6) is 0 Å². The number of rotatable bonds is 3. The predicted molar refractivity (Wildman–Crippen MR) is 90.7 cm³/mol. The Labute approximate surface area is 136 Å². The van der Waals surface area contributed by atoms with Crippen molar-refractivity contribution in [1.29, 1.82) is 0 Å². The number of sulfone groups is 1. The van der Waals surface area contributed by atoms with E-state index in [1.54, 1.807) is 60.7 Å². The zero-order valence-electron chi connectivity index (χ0n) is 12.5. The molecule has 3 aromatic carbocycles. The molecule has 0 aliphatic rings. The second-order valence-electron chi connectivity index (χ2n) is 4.77. The molecule has 0 heterocycles. The smallest absolute Gasteiger partial charge is 0.206 e. The van der Waals surface area contributed by atoms with E-state index in [4.69, 9.17) is 5.11 Å². The molecule has 0 atom stereocenters. The van der Waals surface area contributed by atoms with Crippen molar-refractivity contribution in [3.05, 3.63) is 96.6 Å². The van der Waals surface area contributed by atoms with Gasteiger partial charge in [0.15, 0.2) is 0 Å². The van der Waals surface area contributed by atoms with Gasteiger partial charge in [-0.25, -0.2) is 8.42 Å². The minimum Gasteiger partial charge on any atom is -0.392 e. The third kappa shape index (κ3) is 4.77. The van der Waals surface area contributed by atoms with E-state index >= 15 is 0 Å². The summed E-state index contributed by atoms with van der Waals surface area (Å²) in [6, 6.07) is 26.4. The Morgan fingerprint density at radius 1 is 0.609 bits per heavy atom. The topological polar surface area (TPSA) is 54.4 Å². The lowest BCUT2D eigenvalue weighted by molar-refractivity contribution is 0.282. The monoisotopic (exact) mass is 326 g/mol. The van der Waals surface area contributed by atoms with Crippen LogP contribution >= 0.6 is 0 Å². The van der Waals surface area contributed by atoms with Crippen LogP contribution < -0.4 is 0 Å². The van der Waals surface area contributed by atoms with Gasteiger partial charge in [-0.1, -0.05) is 66.7 Å². The standard InChI is InChI=1S/C12H10O2S.C7H8O/c13-15(14,11-7-3-1-4-8-11)12-9-5-2-6-10-12;8-6-7-4-2-1-3-5-7/h1-10H;1-5,8H,6H2. The quantitative estimate of drug-likeness (QED) is 0.798. The lowest BCUT2D eigenvalue weighted by atomic mass is 10.2. The van der Waals surface area contributed by atoms with Crippen LogP contribution in [0.15, 0.2) is 101 Å². The molecule has 3 rings (SSSR count). The zero-order valence-corrected chi connectivity index (χ0v) is 13.4. The molecule has 3 nitrogen and oxygen atoms in total. The number of aliphatic hydroxyl groups excluding tert-OH is 1. The summed E-state index contributed by atoms with van der Waals surface area (Å²) in [6.07, 6.45) is 0. The van der Waals surface area contributed by atoms with Gasteiger partial charge in [-0.15, -0.1) is 0 Å². The predicted octanol–water partition coefficient (Wildman–Crippen LogP) is 3.70. The van der Waals surface area contributed by atoms with Gasteiger partial charge in [-0.3, -0.25) is 0 Å². The second-order valence-corrected chi connectivity index (χ2v) is 6.72. The van der Waals surface area contributed by atoms with Crippen molar-refractivity contribution in [2.45, 2.75) is 16.4 Å². The molecular weight excluding hydrogens is 308 g/mol. The van der Waals surface area contributed by atoms with E-state index in [0.717, 1.165) is 5.56 Å². The molecule has 0 saturated carbocycles. The molecule has 0 radical (unpaired) electrons. The van der Waals surface area contributed by atoms with Gasteiger partial charge in [0.25, 0.3) is 0 Å². The van der Waals surface area contributed by atoms with Crippen LogP contribution in [-0.4, -0.2) is 13.5 Å². The highest BCUT2D eigenvalue weighted by molar-refractivity contribution is 7.91. The van der Waals surface area contributed by atoms with Crippen LogP contribution in [0.1, 0.15) is 5.56 Å². The highest BCUT2D eigenvalue weighted by Gasteiger charge is 2.15. The van der Waals surface area contributed by atoms with Crippen LogP contribution in [0.3, 0.4) is 0 Å². The zero-order chi connectivity index (χ0) is 16.5. The van der Waals surface area contributed by atoms with Crippen LogP contribution in [0, 0.1) is 0 Å². The van der Waals surface area contributed by atoms with E-state index in [-0.39, 0.29) is 6.61 Å². The van der Waals surface area contributed by atoms with Crippen LogP contribution in [0.25, 0.3) is 0 Å². The Balaban J connectivity index is 0.000000203. The SMILES string of the molecule is O=S(=O)(c1ccccc1)c1ccccc1.OCc1ccccc1. The van der Waals surface area contributed by atoms with Gasteiger partial charge in [0, 0.05) is 0 Å². The molecule has 23 heavy (non-hydrogen) atoms. The fourth-order valence-electron chi connectivity index (χ4n) is 1.92. The van der Waals surface area contributed by atoms with Crippen molar-refractivity contribution in [1.82, 2.24) is 0 Å². The minimum atomic E-state index is -3.34. The van der Waals surface area contributed by atoms with E-state index < -0.39 is 9.84 Å². The van der Waals surface area contributed by atoms with Crippen LogP contribution in [-0.2, 0) is 16.4 Å². The largest absolute Gasteiger partial charge is 0.392 e. The normalized spacial score (nSPS) is 10.5. The third-order valence-corrected chi connectivity index (χ3v) is 4.92. The molecule has 0 aromatic heterocycles. The van der Waals surface area contributed by atoms with Gasteiger partial charge in [0.1, 0.15) is 0 Å². The van der Waals surface area contributed by atoms with E-state index in [1.165, 1.54) is 0 Å². The van der Waals surface area contributed by atoms with Crippen LogP contribution in [0.4, 0.5) is 0 Å². The lowest BCUT2D eigenvalue weighted by Crippen LogP contribution is -2.00. The summed E-state index contributed by atoms with van der Waals surface area (Å²) in [7, 11) is -3.34. The number of hydrogen-bond donors (Lipinski definition) is 1. The highest BCUT2D eigenvalue weighted by atomic mass is 32.2. The van der Waals surface area contributed by atoms with Gasteiger partial charge < -0.3 is 5.11 Å². The van der Waals surface area contributed by atoms with Crippen molar-refractivity contribution in [2.24, 2.45) is 0 Å². The van der Waals surface area contributed by atoms with E-state index in [0.29, 0.717) is 9.79 Å². The van der Waals surface area contributed by atoms with Crippen molar-refractivity contribution in [3.8, 4) is 0 Å². The Morgan fingerprint density at radius 2 is 0.957 bits per heavy atom. The average molecular weight is 326 g/mol. The van der Waals surface area contributed by atoms with Crippen molar-refractivity contribution in [2.75, 3.05) is 0 Å². The number of aliphatic hydroxyl groups is 1. The maximum atomic E-state index is 12.0. The van der Waals surface area contributed by atoms with Gasteiger partial charge in [0.2, 0.25) is 9.84 Å². The lowest BCUT2D eigenvalue weighted by Gasteiger charge is -2.03. The van der Waals surface area contributed by atoms with Crippen molar-refractivity contribution < 1.29 is 13.5 Å². The first-order valence-electron chi connectivity index (χ1n) is 7.14. The molecule has 3 aromatic rings. The van der Waals surface area contributed by atoms with E-state index in [1.807, 2.05) is 30.3 Å². The molecule has 1 N–H and O–H groups in total. The second kappa shape index (κ2) is 8.27. The fraction of sp³-hybridized carbons (Fsp3) is 0.0526. The van der Waals surface area contributed by atoms with Gasteiger partial charge >= 0.3 is 0 Å². The highest BCUT2D eigenvalue weighted by Crippen LogP contribution is 2.19. The Kier molecular flexibility index (Phi) is 6.09. The van der Waals surface area contributed by atoms with Gasteiger partial charge in [-0.05, 0) is 29.8 Å². The molecular formula is C19H18O3S. The number of benzene rings is 3. The molecule has 0 aliphatic heterocycles. The van der Waals surface area contributed by atoms with Gasteiger partial charge in [-0.2, -0.15) is 0 Å². The summed E-state index contributed by atoms with van der Waals surface area (Å²) in [6.45, 7) is 0.140. The molecule has 4 heteroatoms. The first-order chi connectivity index (χ1) is 11.1. The third-order valence-electron chi connectivity index (χ3n) is 3.13. The summed E-state index contributed by atoms with van der Waals surface area (Å²) >= 11 is 0. The summed E-state index contributed by atoms with van der Waals surface area (Å²) < 4.78 is 24.1. The first kappa shape index (κ1) is 16.9. The Morgan fingerprint density at radius 3 is 1.26 bits per heavy atom. The van der Waals surface area contributed by atoms with E-state index in [2.05, 4.69) is 0 Å². The van der Waals surface area contributed by atoms with Crippen molar-refractivity contribution in [3.63, 3.8) is 0 Å². The Bertz CT molecular complexity index is 754. The molecule has 0 aliphatic carbocycles. The van der Waals surface area contributed by atoms with Crippen molar-refractivity contribution >= 4 is 9.84 Å². The molecule has 0 spiro atoms. The minimum absolute atomic E-state index is 0.140. The molecule has 0 saturated heterocycles. The number of hydrogen-bond acceptors (Lipinski definition) is 3. The summed E-state index contributed by atoms with van der Waals surface area (Å²) in [5.74, 6) is 0. The molecule has 0 amide bonds.